The average molecular weight is 417 g/mol. The standard InChI is InChI=1S/C26H28N2O3/c1-18-15-19(2)22-12-13-28(26(23(22)16-18)20-7-4-3-5-8-20)25(30)11-10-24(29)27-17-21-9-6-14-31-21/h3-9,14-16,26H,10-13,17H2,1-2H3,(H,27,29). The number of nitrogens with one attached hydrogen (secondary N) is 1. The molecule has 0 saturated heterocycles. The average Bonchev–Trinajstić information content (AvgIpc) is 3.29. The summed E-state index contributed by atoms with van der Waals surface area (Å²) in [6.45, 7) is 5.24. The second-order valence-electron chi connectivity index (χ2n) is 8.16. The Balaban J connectivity index is 1.50. The number of carbonyl (C=O) groups is 2. The molecule has 31 heavy (non-hydrogen) atoms. The first kappa shape index (κ1) is 20.9. The summed E-state index contributed by atoms with van der Waals surface area (Å²) in [6.07, 6.45) is 2.76. The third kappa shape index (κ3) is 4.71. The summed E-state index contributed by atoms with van der Waals surface area (Å²) in [6, 6.07) is 18.1. The van der Waals surface area contributed by atoms with Crippen molar-refractivity contribution in [2.45, 2.75) is 45.7 Å². The quantitative estimate of drug-likeness (QED) is 0.645. The molecule has 0 fully saturated rings. The van der Waals surface area contributed by atoms with Gasteiger partial charge in [0.25, 0.3) is 0 Å². The van der Waals surface area contributed by atoms with E-state index in [0.717, 1.165) is 12.0 Å². The van der Waals surface area contributed by atoms with E-state index in [1.54, 1.807) is 12.3 Å². The Bertz CT molecular complexity index is 1060. The van der Waals surface area contributed by atoms with Gasteiger partial charge >= 0.3 is 0 Å². The van der Waals surface area contributed by atoms with Gasteiger partial charge in [-0.1, -0.05) is 48.0 Å². The Labute approximate surface area is 183 Å². The fourth-order valence-corrected chi connectivity index (χ4v) is 4.46. The molecular formula is C26H28N2O3. The number of fused-ring (bicyclic) bond motifs is 1. The van der Waals surface area contributed by atoms with E-state index < -0.39 is 0 Å². The molecule has 0 spiro atoms. The zero-order chi connectivity index (χ0) is 21.8. The molecule has 1 unspecified atom stereocenters. The van der Waals surface area contributed by atoms with Crippen LogP contribution in [0.3, 0.4) is 0 Å². The second-order valence-corrected chi connectivity index (χ2v) is 8.16. The minimum Gasteiger partial charge on any atom is -0.467 e. The number of amides is 2. The fraction of sp³-hybridized carbons (Fsp3) is 0.308. The van der Waals surface area contributed by atoms with Crippen molar-refractivity contribution in [2.75, 3.05) is 6.54 Å². The van der Waals surface area contributed by atoms with Crippen LogP contribution >= 0.6 is 0 Å². The molecule has 2 heterocycles. The van der Waals surface area contributed by atoms with Crippen LogP contribution in [0.15, 0.2) is 65.3 Å². The summed E-state index contributed by atoms with van der Waals surface area (Å²) < 4.78 is 5.23. The zero-order valence-corrected chi connectivity index (χ0v) is 18.1. The molecule has 160 valence electrons. The topological polar surface area (TPSA) is 62.6 Å². The van der Waals surface area contributed by atoms with Crippen LogP contribution in [0.25, 0.3) is 0 Å². The van der Waals surface area contributed by atoms with Gasteiger partial charge < -0.3 is 14.6 Å². The van der Waals surface area contributed by atoms with Gasteiger partial charge in [-0.3, -0.25) is 9.59 Å². The Morgan fingerprint density at radius 1 is 1.06 bits per heavy atom. The number of hydrogen-bond acceptors (Lipinski definition) is 3. The number of nitrogens with zero attached hydrogens (tertiary/aromatic N) is 1. The predicted octanol–water partition coefficient (Wildman–Crippen LogP) is 4.47. The highest BCUT2D eigenvalue weighted by Gasteiger charge is 2.32. The summed E-state index contributed by atoms with van der Waals surface area (Å²) in [5.74, 6) is 0.555. The summed E-state index contributed by atoms with van der Waals surface area (Å²) in [5, 5.41) is 2.81. The lowest BCUT2D eigenvalue weighted by Gasteiger charge is -2.39. The zero-order valence-electron chi connectivity index (χ0n) is 18.1. The normalized spacial score (nSPS) is 15.4. The molecule has 0 saturated carbocycles. The van der Waals surface area contributed by atoms with Crippen LogP contribution in [0.1, 0.15) is 52.5 Å². The molecule has 2 amide bonds. The Kier molecular flexibility index (Phi) is 6.21. The Morgan fingerprint density at radius 2 is 1.87 bits per heavy atom. The molecule has 1 N–H and O–H groups in total. The summed E-state index contributed by atoms with van der Waals surface area (Å²) in [5.41, 5.74) is 6.11. The molecule has 4 rings (SSSR count). The van der Waals surface area contributed by atoms with Crippen LogP contribution in [0, 0.1) is 13.8 Å². The van der Waals surface area contributed by atoms with Crippen LogP contribution < -0.4 is 5.32 Å². The van der Waals surface area contributed by atoms with E-state index >= 15 is 0 Å². The van der Waals surface area contributed by atoms with Gasteiger partial charge in [-0.25, -0.2) is 0 Å². The maximum Gasteiger partial charge on any atom is 0.223 e. The second kappa shape index (κ2) is 9.21. The van der Waals surface area contributed by atoms with Gasteiger partial charge in [0.15, 0.2) is 0 Å². The molecule has 2 aromatic carbocycles. The van der Waals surface area contributed by atoms with E-state index in [1.165, 1.54) is 22.3 Å². The predicted molar refractivity (Wildman–Crippen MR) is 119 cm³/mol. The largest absolute Gasteiger partial charge is 0.467 e. The third-order valence-corrected chi connectivity index (χ3v) is 5.90. The van der Waals surface area contributed by atoms with Crippen molar-refractivity contribution in [1.82, 2.24) is 10.2 Å². The van der Waals surface area contributed by atoms with Gasteiger partial charge in [0.2, 0.25) is 11.8 Å². The summed E-state index contributed by atoms with van der Waals surface area (Å²) in [7, 11) is 0. The smallest absolute Gasteiger partial charge is 0.223 e. The first-order chi connectivity index (χ1) is 15.0. The van der Waals surface area contributed by atoms with E-state index in [-0.39, 0.29) is 30.7 Å². The number of furan rings is 1. The molecule has 1 aromatic heterocycles. The van der Waals surface area contributed by atoms with Gasteiger partial charge in [0, 0.05) is 19.4 Å². The molecule has 1 aliphatic rings. The van der Waals surface area contributed by atoms with Gasteiger partial charge in [0.1, 0.15) is 5.76 Å². The molecule has 1 atom stereocenters. The monoisotopic (exact) mass is 416 g/mol. The maximum atomic E-state index is 13.2. The minimum absolute atomic E-state index is 0.00631. The van der Waals surface area contributed by atoms with E-state index in [2.05, 4.69) is 43.4 Å². The SMILES string of the molecule is Cc1cc(C)c2c(c1)C(c1ccccc1)N(C(=O)CCC(=O)NCc1ccco1)CC2. The van der Waals surface area contributed by atoms with Crippen molar-refractivity contribution in [3.8, 4) is 0 Å². The van der Waals surface area contributed by atoms with Crippen LogP contribution in [-0.4, -0.2) is 23.3 Å². The van der Waals surface area contributed by atoms with Gasteiger partial charge in [-0.2, -0.15) is 0 Å². The third-order valence-electron chi connectivity index (χ3n) is 5.90. The van der Waals surface area contributed by atoms with Crippen molar-refractivity contribution < 1.29 is 14.0 Å². The molecular weight excluding hydrogens is 388 g/mol. The maximum absolute atomic E-state index is 13.2. The van der Waals surface area contributed by atoms with Crippen LogP contribution in [-0.2, 0) is 22.6 Å². The molecule has 3 aromatic rings. The van der Waals surface area contributed by atoms with Crippen LogP contribution in [0.5, 0.6) is 0 Å². The van der Waals surface area contributed by atoms with Crippen LogP contribution in [0.4, 0.5) is 0 Å². The number of rotatable bonds is 6. The van der Waals surface area contributed by atoms with Crippen molar-refractivity contribution in [2.24, 2.45) is 0 Å². The Hall–Kier alpha value is -3.34. The number of hydrogen-bond donors (Lipinski definition) is 1. The van der Waals surface area contributed by atoms with Crippen molar-refractivity contribution in [3.05, 3.63) is 94.4 Å². The van der Waals surface area contributed by atoms with Gasteiger partial charge in [-0.05, 0) is 54.7 Å². The fourth-order valence-electron chi connectivity index (χ4n) is 4.46. The molecule has 1 aliphatic heterocycles. The van der Waals surface area contributed by atoms with E-state index in [1.807, 2.05) is 29.2 Å². The van der Waals surface area contributed by atoms with E-state index in [4.69, 9.17) is 4.42 Å². The lowest BCUT2D eigenvalue weighted by Crippen LogP contribution is -2.41. The highest BCUT2D eigenvalue weighted by atomic mass is 16.3. The highest BCUT2D eigenvalue weighted by molar-refractivity contribution is 5.84. The number of benzene rings is 2. The minimum atomic E-state index is -0.148. The van der Waals surface area contributed by atoms with Crippen LogP contribution in [0.2, 0.25) is 0 Å². The molecule has 0 bridgehead atoms. The molecule has 0 radical (unpaired) electrons. The molecule has 5 heteroatoms. The first-order valence-corrected chi connectivity index (χ1v) is 10.8. The first-order valence-electron chi connectivity index (χ1n) is 10.8. The van der Waals surface area contributed by atoms with E-state index in [9.17, 15) is 9.59 Å². The van der Waals surface area contributed by atoms with Crippen molar-refractivity contribution in [3.63, 3.8) is 0 Å². The summed E-state index contributed by atoms with van der Waals surface area (Å²) >= 11 is 0. The molecule has 0 aliphatic carbocycles. The van der Waals surface area contributed by atoms with Gasteiger partial charge in [0.05, 0.1) is 18.8 Å². The number of aryl methyl sites for hydroxylation is 2. The number of carbonyl (C=O) groups excluding carboxylic acids is 2. The lowest BCUT2D eigenvalue weighted by atomic mass is 9.84. The van der Waals surface area contributed by atoms with E-state index in [0.29, 0.717) is 18.8 Å². The lowest BCUT2D eigenvalue weighted by molar-refractivity contribution is -0.135. The molecule has 5 nitrogen and oxygen atoms in total. The Morgan fingerprint density at radius 3 is 2.61 bits per heavy atom. The van der Waals surface area contributed by atoms with Gasteiger partial charge in [-0.15, -0.1) is 0 Å². The highest BCUT2D eigenvalue weighted by Crippen LogP contribution is 2.37. The summed E-state index contributed by atoms with van der Waals surface area (Å²) in [4.78, 5) is 27.4. The van der Waals surface area contributed by atoms with Crippen molar-refractivity contribution in [1.29, 1.82) is 0 Å². The van der Waals surface area contributed by atoms with Crippen molar-refractivity contribution >= 4 is 11.8 Å².